The van der Waals surface area contributed by atoms with Crippen molar-refractivity contribution in [1.29, 1.82) is 0 Å². The number of thiophene rings is 1. The highest BCUT2D eigenvalue weighted by atomic mass is 32.1. The van der Waals surface area contributed by atoms with Crippen LogP contribution in [0.1, 0.15) is 0 Å². The maximum atomic E-state index is 4.34. The molecule has 4 aromatic heterocycles. The summed E-state index contributed by atoms with van der Waals surface area (Å²) in [5, 5.41) is 10.6. The number of anilines is 2. The molecule has 0 radical (unpaired) electrons. The molecule has 0 fully saturated rings. The van der Waals surface area contributed by atoms with E-state index in [1.807, 2.05) is 29.8 Å². The number of hydrogen-bond donors (Lipinski definition) is 1. The van der Waals surface area contributed by atoms with Gasteiger partial charge < -0.3 is 5.32 Å². The van der Waals surface area contributed by atoms with E-state index >= 15 is 0 Å². The first kappa shape index (κ1) is 12.0. The molecule has 7 heteroatoms. The smallest absolute Gasteiger partial charge is 0.142 e. The quantitative estimate of drug-likeness (QED) is 0.629. The van der Waals surface area contributed by atoms with Crippen LogP contribution in [0.2, 0.25) is 0 Å². The zero-order valence-corrected chi connectivity index (χ0v) is 11.7. The Kier molecular flexibility index (Phi) is 2.82. The summed E-state index contributed by atoms with van der Waals surface area (Å²) in [6, 6.07) is 5.81. The molecule has 0 aromatic carbocycles. The van der Waals surface area contributed by atoms with Crippen molar-refractivity contribution < 1.29 is 0 Å². The van der Waals surface area contributed by atoms with Crippen LogP contribution < -0.4 is 5.32 Å². The Morgan fingerprint density at radius 2 is 2.00 bits per heavy atom. The van der Waals surface area contributed by atoms with Crippen LogP contribution in [-0.2, 0) is 0 Å². The Bertz CT molecular complexity index is 883. The van der Waals surface area contributed by atoms with Gasteiger partial charge in [0.05, 0.1) is 29.2 Å². The molecule has 102 valence electrons. The highest BCUT2D eigenvalue weighted by Crippen LogP contribution is 2.26. The molecule has 0 saturated heterocycles. The van der Waals surface area contributed by atoms with Gasteiger partial charge in [-0.2, -0.15) is 5.10 Å². The topological polar surface area (TPSA) is 68.5 Å². The lowest BCUT2D eigenvalue weighted by atomic mass is 10.3. The number of fused-ring (bicyclic) bond motifs is 1. The first-order valence-electron chi connectivity index (χ1n) is 6.30. The molecular formula is C14H10N6S. The van der Waals surface area contributed by atoms with E-state index in [-0.39, 0.29) is 0 Å². The Morgan fingerprint density at radius 3 is 2.90 bits per heavy atom. The number of rotatable bonds is 3. The lowest BCUT2D eigenvalue weighted by Gasteiger charge is -2.03. The first-order chi connectivity index (χ1) is 10.4. The molecular weight excluding hydrogens is 284 g/mol. The van der Waals surface area contributed by atoms with Crippen LogP contribution in [-0.4, -0.2) is 24.7 Å². The van der Waals surface area contributed by atoms with Crippen LogP contribution in [0, 0.1) is 0 Å². The van der Waals surface area contributed by atoms with Gasteiger partial charge >= 0.3 is 0 Å². The summed E-state index contributed by atoms with van der Waals surface area (Å²) in [4.78, 5) is 13.5. The molecule has 0 spiro atoms. The van der Waals surface area contributed by atoms with Gasteiger partial charge in [-0.05, 0) is 23.6 Å². The highest BCUT2D eigenvalue weighted by Gasteiger charge is 2.06. The second-order valence-corrected chi connectivity index (χ2v) is 5.26. The number of aromatic nitrogens is 5. The summed E-state index contributed by atoms with van der Waals surface area (Å²) in [7, 11) is 0. The number of pyridine rings is 1. The summed E-state index contributed by atoms with van der Waals surface area (Å²) < 4.78 is 1.79. The molecule has 0 bridgehead atoms. The molecule has 6 nitrogen and oxygen atoms in total. The second-order valence-electron chi connectivity index (χ2n) is 4.37. The van der Waals surface area contributed by atoms with E-state index in [0.29, 0.717) is 0 Å². The Labute approximate surface area is 124 Å². The fourth-order valence-electron chi connectivity index (χ4n) is 2.05. The third kappa shape index (κ3) is 2.23. The third-order valence-corrected chi connectivity index (χ3v) is 3.86. The van der Waals surface area contributed by atoms with Crippen molar-refractivity contribution in [3.63, 3.8) is 0 Å². The van der Waals surface area contributed by atoms with Crippen LogP contribution >= 0.6 is 11.3 Å². The van der Waals surface area contributed by atoms with E-state index in [1.54, 1.807) is 40.9 Å². The molecule has 0 amide bonds. The van der Waals surface area contributed by atoms with Crippen LogP contribution in [0.25, 0.3) is 15.9 Å². The lowest BCUT2D eigenvalue weighted by molar-refractivity contribution is 0.878. The Morgan fingerprint density at radius 1 is 1.10 bits per heavy atom. The van der Waals surface area contributed by atoms with Crippen LogP contribution in [0.15, 0.2) is 54.7 Å². The van der Waals surface area contributed by atoms with E-state index in [2.05, 4.69) is 25.4 Å². The normalized spacial score (nSPS) is 10.9. The average Bonchev–Trinajstić information content (AvgIpc) is 3.17. The first-order valence-corrected chi connectivity index (χ1v) is 7.18. The summed E-state index contributed by atoms with van der Waals surface area (Å²) in [5.41, 5.74) is 1.83. The van der Waals surface area contributed by atoms with Gasteiger partial charge in [0.25, 0.3) is 0 Å². The van der Waals surface area contributed by atoms with Crippen LogP contribution in [0.4, 0.5) is 11.5 Å². The molecule has 0 saturated carbocycles. The van der Waals surface area contributed by atoms with E-state index in [0.717, 1.165) is 27.4 Å². The van der Waals surface area contributed by atoms with Crippen LogP contribution in [0.5, 0.6) is 0 Å². The zero-order valence-electron chi connectivity index (χ0n) is 10.8. The Hall–Kier alpha value is -2.80. The van der Waals surface area contributed by atoms with Gasteiger partial charge in [-0.1, -0.05) is 0 Å². The van der Waals surface area contributed by atoms with E-state index in [4.69, 9.17) is 0 Å². The molecule has 0 aliphatic heterocycles. The maximum Gasteiger partial charge on any atom is 0.142 e. The lowest BCUT2D eigenvalue weighted by Crippen LogP contribution is -1.95. The van der Waals surface area contributed by atoms with Gasteiger partial charge in [-0.3, -0.25) is 4.98 Å². The van der Waals surface area contributed by atoms with Crippen molar-refractivity contribution in [3.8, 4) is 5.69 Å². The van der Waals surface area contributed by atoms with Crippen molar-refractivity contribution in [2.75, 3.05) is 5.32 Å². The molecule has 4 rings (SSSR count). The van der Waals surface area contributed by atoms with Gasteiger partial charge in [0.2, 0.25) is 0 Å². The fourth-order valence-corrected chi connectivity index (χ4v) is 2.78. The minimum Gasteiger partial charge on any atom is -0.337 e. The van der Waals surface area contributed by atoms with E-state index in [1.165, 1.54) is 0 Å². The minimum atomic E-state index is 0.788. The molecule has 21 heavy (non-hydrogen) atoms. The van der Waals surface area contributed by atoms with Gasteiger partial charge in [0.1, 0.15) is 17.0 Å². The number of hydrogen-bond acceptors (Lipinski definition) is 6. The Balaban J connectivity index is 1.66. The van der Waals surface area contributed by atoms with E-state index < -0.39 is 0 Å². The molecule has 4 aromatic rings. The second kappa shape index (κ2) is 4.95. The van der Waals surface area contributed by atoms with Gasteiger partial charge in [-0.25, -0.2) is 14.6 Å². The molecule has 1 N–H and O–H groups in total. The highest BCUT2D eigenvalue weighted by molar-refractivity contribution is 7.16. The van der Waals surface area contributed by atoms with Gasteiger partial charge in [-0.15, -0.1) is 11.3 Å². The third-order valence-electron chi connectivity index (χ3n) is 3.03. The molecule has 4 heterocycles. The summed E-state index contributed by atoms with van der Waals surface area (Å²) in [6.07, 6.45) is 8.72. The zero-order chi connectivity index (χ0) is 14.1. The SMILES string of the molecule is c1cc(-n2cc(Nc3ncnc4sccc34)cn2)ccn1. The predicted molar refractivity (Wildman–Crippen MR) is 82.1 cm³/mol. The standard InChI is InChI=1S/C14H10N6S/c1-4-15-5-2-11(1)20-8-10(7-18-20)19-13-12-3-6-21-14(12)17-9-16-13/h1-9H,(H,16,17,19). The van der Waals surface area contributed by atoms with Crippen LogP contribution in [0.3, 0.4) is 0 Å². The molecule has 0 unspecified atom stereocenters. The summed E-state index contributed by atoms with van der Waals surface area (Å²) >= 11 is 1.60. The minimum absolute atomic E-state index is 0.788. The average molecular weight is 294 g/mol. The number of nitrogens with zero attached hydrogens (tertiary/aromatic N) is 5. The maximum absolute atomic E-state index is 4.34. The monoisotopic (exact) mass is 294 g/mol. The molecule has 0 aliphatic rings. The summed E-state index contributed by atoms with van der Waals surface area (Å²) in [5.74, 6) is 0.788. The molecule has 0 atom stereocenters. The van der Waals surface area contributed by atoms with Crippen molar-refractivity contribution in [2.45, 2.75) is 0 Å². The number of nitrogens with one attached hydrogen (secondary N) is 1. The fraction of sp³-hybridized carbons (Fsp3) is 0. The van der Waals surface area contributed by atoms with Crippen molar-refractivity contribution in [1.82, 2.24) is 24.7 Å². The summed E-state index contributed by atoms with van der Waals surface area (Å²) in [6.45, 7) is 0. The van der Waals surface area contributed by atoms with Gasteiger partial charge in [0, 0.05) is 12.4 Å². The largest absolute Gasteiger partial charge is 0.337 e. The van der Waals surface area contributed by atoms with Crippen molar-refractivity contribution in [3.05, 3.63) is 54.7 Å². The van der Waals surface area contributed by atoms with E-state index in [9.17, 15) is 0 Å². The predicted octanol–water partition coefficient (Wildman–Crippen LogP) is 3.02. The van der Waals surface area contributed by atoms with Crippen molar-refractivity contribution in [2.24, 2.45) is 0 Å². The molecule has 0 aliphatic carbocycles. The van der Waals surface area contributed by atoms with Crippen molar-refractivity contribution >= 4 is 33.1 Å². The van der Waals surface area contributed by atoms with Gasteiger partial charge in [0.15, 0.2) is 0 Å².